The molecule has 0 aliphatic heterocycles. The molecular formula is C20H36I3N4OP. The Morgan fingerprint density at radius 3 is 1.72 bits per heavy atom. The van der Waals surface area contributed by atoms with Crippen LogP contribution in [0.3, 0.4) is 0 Å². The van der Waals surface area contributed by atoms with Gasteiger partial charge >= 0.3 is 0 Å². The highest BCUT2D eigenvalue weighted by Gasteiger charge is 2.36. The largest absolute Gasteiger partial charge is 0.476 e. The van der Waals surface area contributed by atoms with Crippen LogP contribution >= 0.6 is 75.3 Å². The second-order valence-corrected chi connectivity index (χ2v) is 16.6. The molecule has 0 unspecified atom stereocenters. The molecule has 5 nitrogen and oxygen atoms in total. The molecular weight excluding hydrogens is 724 g/mol. The van der Waals surface area contributed by atoms with E-state index in [1.54, 1.807) is 0 Å². The molecule has 0 radical (unpaired) electrons. The van der Waals surface area contributed by atoms with Crippen LogP contribution in [0.15, 0.2) is 16.9 Å². The molecule has 9 heteroatoms. The van der Waals surface area contributed by atoms with E-state index in [-0.39, 0.29) is 11.0 Å². The molecule has 0 amide bonds. The lowest BCUT2D eigenvalue weighted by Crippen LogP contribution is -2.37. The summed E-state index contributed by atoms with van der Waals surface area (Å²) in [6.45, 7) is 11.8. The monoisotopic (exact) mass is 760 g/mol. The van der Waals surface area contributed by atoms with Crippen molar-refractivity contribution in [3.63, 3.8) is 0 Å². The van der Waals surface area contributed by atoms with Crippen LogP contribution in [0.25, 0.3) is 0 Å². The van der Waals surface area contributed by atoms with Crippen molar-refractivity contribution < 1.29 is 4.74 Å². The molecule has 0 fully saturated rings. The molecule has 1 aromatic rings. The van der Waals surface area contributed by atoms with E-state index in [4.69, 9.17) is 9.48 Å². The van der Waals surface area contributed by atoms with E-state index in [9.17, 15) is 0 Å². The molecule has 29 heavy (non-hydrogen) atoms. The molecule has 0 saturated carbocycles. The molecule has 0 aliphatic rings. The van der Waals surface area contributed by atoms with Gasteiger partial charge in [0.1, 0.15) is 12.5 Å². The first kappa shape index (κ1) is 28.4. The van der Waals surface area contributed by atoms with Crippen molar-refractivity contribution in [1.29, 1.82) is 0 Å². The molecule has 1 aromatic carbocycles. The Kier molecular flexibility index (Phi) is 10.7. The number of halogens is 3. The quantitative estimate of drug-likeness (QED) is 0.162. The number of benzene rings is 1. The molecule has 0 heterocycles. The van der Waals surface area contributed by atoms with Gasteiger partial charge in [-0.3, -0.25) is 14.1 Å². The zero-order valence-electron chi connectivity index (χ0n) is 19.3. The van der Waals surface area contributed by atoms with E-state index in [1.165, 1.54) is 3.57 Å². The van der Waals surface area contributed by atoms with Gasteiger partial charge in [-0.1, -0.05) is 20.8 Å². The van der Waals surface area contributed by atoms with Gasteiger partial charge in [0.25, 0.3) is 0 Å². The van der Waals surface area contributed by atoms with Crippen molar-refractivity contribution in [1.82, 2.24) is 14.0 Å². The average Bonchev–Trinajstić information content (AvgIpc) is 2.48. The van der Waals surface area contributed by atoms with E-state index in [1.807, 2.05) is 0 Å². The van der Waals surface area contributed by atoms with Gasteiger partial charge in [0.2, 0.25) is 0 Å². The number of nitrogens with zero attached hydrogens (tertiary/aromatic N) is 4. The second kappa shape index (κ2) is 11.0. The zero-order chi connectivity index (χ0) is 22.8. The maximum Gasteiger partial charge on any atom is 0.169 e. The van der Waals surface area contributed by atoms with Gasteiger partial charge in [0.05, 0.1) is 12.7 Å². The molecule has 1 rings (SSSR count). The van der Waals surface area contributed by atoms with Crippen LogP contribution in [0.4, 0.5) is 0 Å². The fraction of sp³-hybridized carbons (Fsp3) is 0.700. The summed E-state index contributed by atoms with van der Waals surface area (Å²) in [7, 11) is 8.50. The third-order valence-corrected chi connectivity index (χ3v) is 10.5. The smallest absolute Gasteiger partial charge is 0.169 e. The highest BCUT2D eigenvalue weighted by Crippen LogP contribution is 2.58. The zero-order valence-corrected chi connectivity index (χ0v) is 26.7. The van der Waals surface area contributed by atoms with Crippen molar-refractivity contribution in [2.24, 2.45) is 10.2 Å². The third kappa shape index (κ3) is 7.99. The van der Waals surface area contributed by atoms with Crippen LogP contribution in [0.1, 0.15) is 41.0 Å². The Morgan fingerprint density at radius 2 is 1.34 bits per heavy atom. The summed E-state index contributed by atoms with van der Waals surface area (Å²) in [5.41, 5.74) is 0.0598. The van der Waals surface area contributed by atoms with Gasteiger partial charge in [-0.25, -0.2) is 4.67 Å². The summed E-state index contributed by atoms with van der Waals surface area (Å²) in [6, 6.07) is 4.30. The maximum absolute atomic E-state index is 6.33. The van der Waals surface area contributed by atoms with E-state index in [2.05, 4.69) is 164 Å². The average molecular weight is 760 g/mol. The molecule has 0 aromatic heterocycles. The Bertz CT molecular complexity index is 726. The molecule has 168 valence electrons. The first-order valence-electron chi connectivity index (χ1n) is 9.50. The van der Waals surface area contributed by atoms with Crippen molar-refractivity contribution >= 4 is 75.3 Å². The molecule has 0 aliphatic carbocycles. The fourth-order valence-corrected chi connectivity index (χ4v) is 11.2. The Hall–Kier alpha value is 1.32. The SMILES string of the molecule is CN(C)P(=NC(C)(C)CC(C)(C)C)(N(C)C)N(C)COc1c(I)cc(I)cc1I. The summed E-state index contributed by atoms with van der Waals surface area (Å²) >= 11 is 7.06. The normalized spacial score (nSPS) is 13.5. The Balaban J connectivity index is 3.33. The minimum Gasteiger partial charge on any atom is -0.476 e. The Morgan fingerprint density at radius 1 is 0.897 bits per heavy atom. The van der Waals surface area contributed by atoms with Crippen LogP contribution in [0, 0.1) is 16.1 Å². The van der Waals surface area contributed by atoms with Crippen molar-refractivity contribution in [2.45, 2.75) is 46.6 Å². The van der Waals surface area contributed by atoms with Crippen molar-refractivity contribution in [3.8, 4) is 5.75 Å². The fourth-order valence-electron chi connectivity index (χ4n) is 3.82. The molecule has 0 N–H and O–H groups in total. The van der Waals surface area contributed by atoms with E-state index in [0.717, 1.165) is 19.3 Å². The molecule has 0 spiro atoms. The lowest BCUT2D eigenvalue weighted by atomic mass is 9.82. The molecule has 0 atom stereocenters. The standard InChI is InChI=1S/C20H36I3N4OP/c1-19(2,3)13-20(4,5)24-29(25(6)7,26(8)9)27(10)14-28-18-16(22)11-15(21)12-17(18)23/h11-12H,13-14H2,1-10H3. The van der Waals surface area contributed by atoms with Crippen molar-refractivity contribution in [2.75, 3.05) is 42.0 Å². The van der Waals surface area contributed by atoms with E-state index in [0.29, 0.717) is 6.73 Å². The van der Waals surface area contributed by atoms with Crippen LogP contribution in [-0.2, 0) is 0 Å². The predicted octanol–water partition coefficient (Wildman–Crippen LogP) is 7.05. The highest BCUT2D eigenvalue weighted by atomic mass is 127. The number of ether oxygens (including phenoxy) is 1. The number of hydrogen-bond donors (Lipinski definition) is 0. The van der Waals surface area contributed by atoms with Crippen molar-refractivity contribution in [3.05, 3.63) is 22.8 Å². The van der Waals surface area contributed by atoms with Gasteiger partial charge in [-0.15, -0.1) is 0 Å². The summed E-state index contributed by atoms with van der Waals surface area (Å²) in [4.78, 5) is 0. The summed E-state index contributed by atoms with van der Waals surface area (Å²) in [6.07, 6.45) is 1.02. The van der Waals surface area contributed by atoms with Crippen LogP contribution in [-0.4, -0.2) is 61.5 Å². The number of rotatable bonds is 8. The topological polar surface area (TPSA) is 31.3 Å². The number of hydrogen-bond acceptors (Lipinski definition) is 2. The lowest BCUT2D eigenvalue weighted by molar-refractivity contribution is 0.208. The van der Waals surface area contributed by atoms with Crippen LogP contribution < -0.4 is 4.74 Å². The highest BCUT2D eigenvalue weighted by molar-refractivity contribution is 14.1. The van der Waals surface area contributed by atoms with E-state index < -0.39 is 7.51 Å². The third-order valence-electron chi connectivity index (χ3n) is 4.26. The summed E-state index contributed by atoms with van der Waals surface area (Å²) in [5.74, 6) is 0.947. The van der Waals surface area contributed by atoms with Gasteiger partial charge in [-0.05, 0) is 141 Å². The first-order chi connectivity index (χ1) is 13.0. The first-order valence-corrected chi connectivity index (χ1v) is 14.3. The van der Waals surface area contributed by atoms with E-state index >= 15 is 0 Å². The lowest BCUT2D eigenvalue weighted by Gasteiger charge is -2.45. The van der Waals surface area contributed by atoms with Gasteiger partial charge in [0, 0.05) is 3.57 Å². The Labute approximate surface area is 219 Å². The predicted molar refractivity (Wildman–Crippen MR) is 153 cm³/mol. The van der Waals surface area contributed by atoms with Gasteiger partial charge in [0.15, 0.2) is 7.51 Å². The van der Waals surface area contributed by atoms with Gasteiger partial charge < -0.3 is 4.74 Å². The second-order valence-electron chi connectivity index (χ2n) is 9.51. The summed E-state index contributed by atoms with van der Waals surface area (Å²) in [5, 5.41) is 0. The molecule has 0 saturated heterocycles. The molecule has 0 bridgehead atoms. The minimum atomic E-state index is -2.12. The maximum atomic E-state index is 6.33. The van der Waals surface area contributed by atoms with Crippen LogP contribution in [0.5, 0.6) is 5.75 Å². The van der Waals surface area contributed by atoms with Gasteiger partial charge in [-0.2, -0.15) is 0 Å². The van der Waals surface area contributed by atoms with Crippen LogP contribution in [0.2, 0.25) is 0 Å². The minimum absolute atomic E-state index is 0.152. The summed E-state index contributed by atoms with van der Waals surface area (Å²) < 4.78 is 22.1.